The Morgan fingerprint density at radius 3 is 2.35 bits per heavy atom. The molecule has 0 fully saturated rings. The highest BCUT2D eigenvalue weighted by Gasteiger charge is 2.20. The first-order chi connectivity index (χ1) is 17.3. The van der Waals surface area contributed by atoms with Crippen molar-refractivity contribution in [2.75, 3.05) is 5.32 Å². The maximum Gasteiger partial charge on any atom is 0.159 e. The van der Waals surface area contributed by atoms with Crippen molar-refractivity contribution in [3.8, 4) is 22.6 Å². The smallest absolute Gasteiger partial charge is 0.159 e. The van der Waals surface area contributed by atoms with E-state index in [4.69, 9.17) is 11.6 Å². The summed E-state index contributed by atoms with van der Waals surface area (Å²) in [5.74, 6) is 3.24. The van der Waals surface area contributed by atoms with E-state index in [1.54, 1.807) is 44.6 Å². The summed E-state index contributed by atoms with van der Waals surface area (Å²) in [7, 11) is -1.56. The fraction of sp³-hybridized carbons (Fsp3) is 0.276. The lowest BCUT2D eigenvalue weighted by atomic mass is 10.0. The van der Waals surface area contributed by atoms with E-state index in [1.165, 1.54) is 6.07 Å². The quantitative estimate of drug-likeness (QED) is 0.211. The van der Waals surface area contributed by atoms with Gasteiger partial charge in [0.1, 0.15) is 19.5 Å². The lowest BCUT2D eigenvalue weighted by Gasteiger charge is -2.20. The fourth-order valence-electron chi connectivity index (χ4n) is 3.79. The predicted molar refractivity (Wildman–Crippen MR) is 152 cm³/mol. The Balaban J connectivity index is 1.71. The molecule has 0 aliphatic heterocycles. The maximum atomic E-state index is 14.9. The Bertz CT molecular complexity index is 1520. The molecule has 0 bridgehead atoms. The van der Waals surface area contributed by atoms with Gasteiger partial charge in [-0.3, -0.25) is 4.98 Å². The van der Waals surface area contributed by atoms with Crippen LogP contribution in [0.3, 0.4) is 0 Å². The van der Waals surface area contributed by atoms with Crippen LogP contribution in [0.15, 0.2) is 55.0 Å². The van der Waals surface area contributed by atoms with Gasteiger partial charge in [0.05, 0.1) is 22.3 Å². The molecule has 2 aromatic carbocycles. The van der Waals surface area contributed by atoms with Crippen LogP contribution in [-0.2, 0) is 5.60 Å². The Labute approximate surface area is 223 Å². The highest BCUT2D eigenvalue weighted by molar-refractivity contribution is 6.83. The van der Waals surface area contributed by atoms with Crippen LogP contribution in [0.2, 0.25) is 24.7 Å². The van der Waals surface area contributed by atoms with Crippen LogP contribution in [0, 0.1) is 17.3 Å². The lowest BCUT2D eigenvalue weighted by molar-refractivity contribution is 0.0687. The third kappa shape index (κ3) is 6.34. The maximum absolute atomic E-state index is 14.9. The molecule has 190 valence electrons. The van der Waals surface area contributed by atoms with Crippen molar-refractivity contribution in [2.24, 2.45) is 0 Å². The van der Waals surface area contributed by atoms with Gasteiger partial charge in [-0.05, 0) is 56.7 Å². The lowest BCUT2D eigenvalue weighted by Crippen LogP contribution is -2.19. The molecule has 0 aliphatic carbocycles. The summed E-state index contributed by atoms with van der Waals surface area (Å²) in [6.07, 6.45) is 4.95. The number of nitrogens with zero attached hydrogens (tertiary/aromatic N) is 3. The van der Waals surface area contributed by atoms with Crippen LogP contribution in [0.4, 0.5) is 10.1 Å². The third-order valence-electron chi connectivity index (χ3n) is 5.76. The van der Waals surface area contributed by atoms with Crippen molar-refractivity contribution in [3.05, 3.63) is 82.8 Å². The number of hydrogen-bond acceptors (Lipinski definition) is 5. The first-order valence-electron chi connectivity index (χ1n) is 12.0. The van der Waals surface area contributed by atoms with Crippen molar-refractivity contribution in [1.29, 1.82) is 0 Å². The minimum atomic E-state index is -1.56. The van der Waals surface area contributed by atoms with Crippen molar-refractivity contribution in [1.82, 2.24) is 15.0 Å². The highest BCUT2D eigenvalue weighted by Crippen LogP contribution is 2.35. The van der Waals surface area contributed by atoms with Crippen molar-refractivity contribution < 1.29 is 9.50 Å². The number of aromatic nitrogens is 3. The summed E-state index contributed by atoms with van der Waals surface area (Å²) in [4.78, 5) is 13.1. The number of aliphatic hydroxyl groups is 1. The summed E-state index contributed by atoms with van der Waals surface area (Å²) in [6.45, 7) is 11.7. The Morgan fingerprint density at radius 2 is 1.70 bits per heavy atom. The molecule has 0 saturated heterocycles. The predicted octanol–water partition coefficient (Wildman–Crippen LogP) is 7.11. The zero-order chi connectivity index (χ0) is 27.0. The van der Waals surface area contributed by atoms with Crippen LogP contribution in [-0.4, -0.2) is 28.1 Å². The van der Waals surface area contributed by atoms with Crippen molar-refractivity contribution in [2.45, 2.75) is 52.1 Å². The number of benzene rings is 2. The molecule has 2 aromatic heterocycles. The molecule has 0 unspecified atom stereocenters. The molecule has 0 spiro atoms. The molecule has 1 atom stereocenters. The second-order valence-corrected chi connectivity index (χ2v) is 15.8. The average molecular weight is 533 g/mol. The molecule has 0 radical (unpaired) electrons. The molecular weight excluding hydrogens is 503 g/mol. The van der Waals surface area contributed by atoms with E-state index >= 15 is 0 Å². The van der Waals surface area contributed by atoms with Crippen LogP contribution in [0.25, 0.3) is 22.0 Å². The van der Waals surface area contributed by atoms with Crippen LogP contribution in [0.1, 0.15) is 43.8 Å². The summed E-state index contributed by atoms with van der Waals surface area (Å²) in [6, 6.07) is 10.4. The minimum Gasteiger partial charge on any atom is -0.382 e. The molecule has 0 amide bonds. The van der Waals surface area contributed by atoms with E-state index in [0.29, 0.717) is 22.1 Å². The summed E-state index contributed by atoms with van der Waals surface area (Å²) < 4.78 is 14.9. The van der Waals surface area contributed by atoms with Gasteiger partial charge in [0.15, 0.2) is 5.82 Å². The highest BCUT2D eigenvalue weighted by atomic mass is 35.5. The standard InChI is InChI=1S/C29H30ClFN4OSi/c1-18(22-13-19(7-9-25(22)31)11-12-37(4,5)6)35-27-23-14-20(8-10-26(23)32-17-24(27)30)21-15-33-28(34-16-21)29(2,3)36/h7-10,13-18,36H,1-6H3,(H,32,35)/t18-/m1/s1. The molecule has 0 saturated carbocycles. The number of pyridine rings is 1. The molecule has 2 heterocycles. The zero-order valence-corrected chi connectivity index (χ0v) is 23.6. The van der Waals surface area contributed by atoms with Gasteiger partial charge in [-0.1, -0.05) is 43.2 Å². The monoisotopic (exact) mass is 532 g/mol. The number of hydrogen-bond donors (Lipinski definition) is 2. The van der Waals surface area contributed by atoms with Gasteiger partial charge >= 0.3 is 0 Å². The largest absolute Gasteiger partial charge is 0.382 e. The molecule has 4 rings (SSSR count). The molecule has 37 heavy (non-hydrogen) atoms. The first-order valence-corrected chi connectivity index (χ1v) is 15.9. The van der Waals surface area contributed by atoms with Gasteiger partial charge in [0.25, 0.3) is 0 Å². The van der Waals surface area contributed by atoms with Crippen molar-refractivity contribution in [3.63, 3.8) is 0 Å². The molecule has 5 nitrogen and oxygen atoms in total. The van der Waals surface area contributed by atoms with Gasteiger partial charge in [0.2, 0.25) is 0 Å². The Hall–Kier alpha value is -3.31. The van der Waals surface area contributed by atoms with Crippen LogP contribution >= 0.6 is 11.6 Å². The van der Waals surface area contributed by atoms with Gasteiger partial charge < -0.3 is 10.4 Å². The fourth-order valence-corrected chi connectivity index (χ4v) is 4.52. The summed E-state index contributed by atoms with van der Waals surface area (Å²) in [5, 5.41) is 14.8. The minimum absolute atomic E-state index is 0.308. The molecule has 8 heteroatoms. The zero-order valence-electron chi connectivity index (χ0n) is 21.8. The van der Waals surface area contributed by atoms with E-state index in [1.807, 2.05) is 25.1 Å². The Morgan fingerprint density at radius 1 is 1.00 bits per heavy atom. The topological polar surface area (TPSA) is 70.9 Å². The molecule has 2 N–H and O–H groups in total. The average Bonchev–Trinajstić information content (AvgIpc) is 2.84. The third-order valence-corrected chi connectivity index (χ3v) is 6.92. The SMILES string of the molecule is C[C@@H](Nc1c(Cl)cnc2ccc(-c3cnc(C(C)(C)O)nc3)cc12)c1cc(C#C[Si](C)(C)C)ccc1F. The summed E-state index contributed by atoms with van der Waals surface area (Å²) >= 11 is 6.59. The number of nitrogens with one attached hydrogen (secondary N) is 1. The first kappa shape index (κ1) is 26.7. The van der Waals surface area contributed by atoms with E-state index in [0.717, 1.165) is 27.6 Å². The molecular formula is C29H30ClFN4OSi. The number of anilines is 1. The van der Waals surface area contributed by atoms with Gasteiger partial charge in [0, 0.05) is 40.7 Å². The number of halogens is 2. The summed E-state index contributed by atoms with van der Waals surface area (Å²) in [5.41, 5.74) is 6.56. The van der Waals surface area contributed by atoms with Crippen LogP contribution in [0.5, 0.6) is 0 Å². The molecule has 4 aromatic rings. The second-order valence-electron chi connectivity index (χ2n) is 10.7. The van der Waals surface area contributed by atoms with Crippen molar-refractivity contribution >= 4 is 36.3 Å². The molecule has 0 aliphatic rings. The van der Waals surface area contributed by atoms with E-state index < -0.39 is 13.7 Å². The van der Waals surface area contributed by atoms with Crippen LogP contribution < -0.4 is 5.32 Å². The van der Waals surface area contributed by atoms with E-state index in [9.17, 15) is 9.50 Å². The van der Waals surface area contributed by atoms with Gasteiger partial charge in [-0.2, -0.15) is 0 Å². The number of fused-ring (bicyclic) bond motifs is 1. The Kier molecular flexibility index (Phi) is 7.38. The van der Waals surface area contributed by atoms with E-state index in [-0.39, 0.29) is 11.9 Å². The number of rotatable bonds is 5. The van der Waals surface area contributed by atoms with Gasteiger partial charge in [-0.15, -0.1) is 5.54 Å². The van der Waals surface area contributed by atoms with Gasteiger partial charge in [-0.25, -0.2) is 14.4 Å². The normalized spacial score (nSPS) is 12.7. The second kappa shape index (κ2) is 10.2. The van der Waals surface area contributed by atoms with E-state index in [2.05, 4.69) is 51.4 Å².